The Balaban J connectivity index is 1.91. The Morgan fingerprint density at radius 2 is 2.53 bits per heavy atom. The number of nitrogens with zero attached hydrogens (tertiary/aromatic N) is 1. The predicted molar refractivity (Wildman–Crippen MR) is 81.2 cm³/mol. The van der Waals surface area contributed by atoms with Gasteiger partial charge < -0.3 is 10.2 Å². The van der Waals surface area contributed by atoms with E-state index in [2.05, 4.69) is 12.2 Å². The molecule has 0 aliphatic carbocycles. The highest BCUT2D eigenvalue weighted by atomic mass is 32.1. The molecule has 1 amide bonds. The highest BCUT2D eigenvalue weighted by Gasteiger charge is 2.19. The maximum absolute atomic E-state index is 12.2. The van der Waals surface area contributed by atoms with Crippen molar-refractivity contribution in [2.24, 2.45) is 0 Å². The summed E-state index contributed by atoms with van der Waals surface area (Å²) in [5, 5.41) is 5.48. The minimum atomic E-state index is 0.129. The molecule has 1 unspecified atom stereocenters. The van der Waals surface area contributed by atoms with Crippen LogP contribution in [0.2, 0.25) is 0 Å². The van der Waals surface area contributed by atoms with Crippen molar-refractivity contribution in [2.45, 2.75) is 32.2 Å². The zero-order valence-corrected chi connectivity index (χ0v) is 12.3. The quantitative estimate of drug-likeness (QED) is 0.812. The number of carbonyl (C=O) groups excluding carboxylic acids is 1. The Morgan fingerprint density at radius 3 is 3.16 bits per heavy atom. The van der Waals surface area contributed by atoms with Crippen molar-refractivity contribution >= 4 is 23.3 Å². The van der Waals surface area contributed by atoms with Crippen LogP contribution in [0.5, 0.6) is 0 Å². The van der Waals surface area contributed by atoms with Gasteiger partial charge in [0.15, 0.2) is 0 Å². The Morgan fingerprint density at radius 1 is 1.63 bits per heavy atom. The van der Waals surface area contributed by atoms with Gasteiger partial charge in [0.25, 0.3) is 0 Å². The maximum atomic E-state index is 12.2. The molecule has 0 aromatic carbocycles. The first-order valence-electron chi connectivity index (χ1n) is 7.03. The highest BCUT2D eigenvalue weighted by molar-refractivity contribution is 7.10. The average molecular weight is 278 g/mol. The summed E-state index contributed by atoms with van der Waals surface area (Å²) in [6, 6.07) is 4.50. The zero-order valence-electron chi connectivity index (χ0n) is 11.5. The van der Waals surface area contributed by atoms with Crippen molar-refractivity contribution in [1.82, 2.24) is 10.2 Å². The van der Waals surface area contributed by atoms with Gasteiger partial charge in [0.2, 0.25) is 5.91 Å². The Labute approximate surface area is 119 Å². The SMILES string of the molecule is CCCN(CC1CCCN1)C(=O)/C=C/c1cccs1. The lowest BCUT2D eigenvalue weighted by atomic mass is 10.2. The smallest absolute Gasteiger partial charge is 0.246 e. The molecule has 0 saturated carbocycles. The number of amides is 1. The molecule has 1 N–H and O–H groups in total. The zero-order chi connectivity index (χ0) is 13.5. The lowest BCUT2D eigenvalue weighted by Crippen LogP contribution is -2.40. The molecule has 1 aliphatic heterocycles. The van der Waals surface area contributed by atoms with Crippen LogP contribution in [0.3, 0.4) is 0 Å². The van der Waals surface area contributed by atoms with Crippen LogP contribution in [0.25, 0.3) is 6.08 Å². The highest BCUT2D eigenvalue weighted by Crippen LogP contribution is 2.12. The fourth-order valence-electron chi connectivity index (χ4n) is 2.38. The van der Waals surface area contributed by atoms with Crippen molar-refractivity contribution in [1.29, 1.82) is 0 Å². The molecular formula is C15H22N2OS. The molecule has 1 aromatic rings. The number of hydrogen-bond acceptors (Lipinski definition) is 3. The van der Waals surface area contributed by atoms with Crippen LogP contribution in [0.4, 0.5) is 0 Å². The van der Waals surface area contributed by atoms with Crippen molar-refractivity contribution in [3.05, 3.63) is 28.5 Å². The molecule has 1 atom stereocenters. The number of rotatable bonds is 6. The van der Waals surface area contributed by atoms with Gasteiger partial charge in [-0.2, -0.15) is 0 Å². The van der Waals surface area contributed by atoms with Gasteiger partial charge in [-0.1, -0.05) is 13.0 Å². The molecule has 104 valence electrons. The Hall–Kier alpha value is -1.13. The van der Waals surface area contributed by atoms with Gasteiger partial charge in [0.05, 0.1) is 0 Å². The van der Waals surface area contributed by atoms with Crippen LogP contribution in [-0.4, -0.2) is 36.5 Å². The third-order valence-electron chi connectivity index (χ3n) is 3.34. The van der Waals surface area contributed by atoms with E-state index in [4.69, 9.17) is 0 Å². The van der Waals surface area contributed by atoms with Gasteiger partial charge in [-0.15, -0.1) is 11.3 Å². The predicted octanol–water partition coefficient (Wildman–Crippen LogP) is 2.75. The largest absolute Gasteiger partial charge is 0.338 e. The van der Waals surface area contributed by atoms with Gasteiger partial charge >= 0.3 is 0 Å². The van der Waals surface area contributed by atoms with Gasteiger partial charge in [0.1, 0.15) is 0 Å². The van der Waals surface area contributed by atoms with E-state index in [0.29, 0.717) is 6.04 Å². The molecule has 4 heteroatoms. The topological polar surface area (TPSA) is 32.3 Å². The molecule has 1 aromatic heterocycles. The average Bonchev–Trinajstić information content (AvgIpc) is 3.08. The van der Waals surface area contributed by atoms with E-state index in [9.17, 15) is 4.79 Å². The summed E-state index contributed by atoms with van der Waals surface area (Å²) in [6.45, 7) is 4.88. The van der Waals surface area contributed by atoms with E-state index in [1.165, 1.54) is 12.8 Å². The lowest BCUT2D eigenvalue weighted by Gasteiger charge is -2.24. The van der Waals surface area contributed by atoms with E-state index in [1.54, 1.807) is 17.4 Å². The molecule has 1 fully saturated rings. The molecule has 0 bridgehead atoms. The molecule has 2 heterocycles. The number of carbonyl (C=O) groups is 1. The third-order valence-corrected chi connectivity index (χ3v) is 4.18. The fraction of sp³-hybridized carbons (Fsp3) is 0.533. The van der Waals surface area contributed by atoms with E-state index in [0.717, 1.165) is 30.9 Å². The van der Waals surface area contributed by atoms with Crippen LogP contribution < -0.4 is 5.32 Å². The van der Waals surface area contributed by atoms with Gasteiger partial charge in [-0.3, -0.25) is 4.79 Å². The minimum absolute atomic E-state index is 0.129. The summed E-state index contributed by atoms with van der Waals surface area (Å²) in [5.41, 5.74) is 0. The molecule has 2 rings (SSSR count). The molecular weight excluding hydrogens is 256 g/mol. The van der Waals surface area contributed by atoms with Gasteiger partial charge in [0, 0.05) is 30.1 Å². The Kier molecular flexibility index (Phi) is 5.61. The first kappa shape index (κ1) is 14.3. The first-order chi connectivity index (χ1) is 9.29. The molecule has 0 spiro atoms. The third kappa shape index (κ3) is 4.48. The molecule has 0 radical (unpaired) electrons. The van der Waals surface area contributed by atoms with Crippen molar-refractivity contribution in [3.63, 3.8) is 0 Å². The van der Waals surface area contributed by atoms with Crippen molar-refractivity contribution in [3.8, 4) is 0 Å². The number of hydrogen-bond donors (Lipinski definition) is 1. The minimum Gasteiger partial charge on any atom is -0.338 e. The second kappa shape index (κ2) is 7.46. The molecule has 3 nitrogen and oxygen atoms in total. The summed E-state index contributed by atoms with van der Waals surface area (Å²) in [6.07, 6.45) is 7.03. The van der Waals surface area contributed by atoms with Crippen LogP contribution >= 0.6 is 11.3 Å². The lowest BCUT2D eigenvalue weighted by molar-refractivity contribution is -0.126. The number of thiophene rings is 1. The molecule has 1 aliphatic rings. The summed E-state index contributed by atoms with van der Waals surface area (Å²) in [4.78, 5) is 15.3. The van der Waals surface area contributed by atoms with Crippen molar-refractivity contribution < 1.29 is 4.79 Å². The van der Waals surface area contributed by atoms with Crippen LogP contribution in [0.15, 0.2) is 23.6 Å². The summed E-state index contributed by atoms with van der Waals surface area (Å²) >= 11 is 1.65. The van der Waals surface area contributed by atoms with E-state index in [-0.39, 0.29) is 5.91 Å². The van der Waals surface area contributed by atoms with Crippen molar-refractivity contribution in [2.75, 3.05) is 19.6 Å². The molecule has 1 saturated heterocycles. The standard InChI is InChI=1S/C15H22N2OS/c1-2-10-17(12-13-5-3-9-16-13)15(18)8-7-14-6-4-11-19-14/h4,6-8,11,13,16H,2-3,5,9-10,12H2,1H3/b8-7+. The second-order valence-corrected chi connectivity index (χ2v) is 5.91. The summed E-state index contributed by atoms with van der Waals surface area (Å²) in [5.74, 6) is 0.129. The normalized spacial score (nSPS) is 19.1. The molecule has 19 heavy (non-hydrogen) atoms. The second-order valence-electron chi connectivity index (χ2n) is 4.93. The van der Waals surface area contributed by atoms with Crippen LogP contribution in [0.1, 0.15) is 31.1 Å². The fourth-order valence-corrected chi connectivity index (χ4v) is 3.00. The first-order valence-corrected chi connectivity index (χ1v) is 7.91. The van der Waals surface area contributed by atoms with Gasteiger partial charge in [-0.25, -0.2) is 0 Å². The maximum Gasteiger partial charge on any atom is 0.246 e. The van der Waals surface area contributed by atoms with E-state index < -0.39 is 0 Å². The van der Waals surface area contributed by atoms with Crippen LogP contribution in [-0.2, 0) is 4.79 Å². The Bertz CT molecular complexity index is 408. The van der Waals surface area contributed by atoms with Crippen LogP contribution in [0, 0.1) is 0 Å². The monoisotopic (exact) mass is 278 g/mol. The van der Waals surface area contributed by atoms with Gasteiger partial charge in [-0.05, 0) is 43.3 Å². The summed E-state index contributed by atoms with van der Waals surface area (Å²) in [7, 11) is 0. The summed E-state index contributed by atoms with van der Waals surface area (Å²) < 4.78 is 0. The van der Waals surface area contributed by atoms with E-state index >= 15 is 0 Å². The van der Waals surface area contributed by atoms with E-state index in [1.807, 2.05) is 28.5 Å². The number of nitrogens with one attached hydrogen (secondary N) is 1.